The number of carbonyl (C=O) groups is 1. The molecule has 222 valence electrons. The molecule has 0 aliphatic carbocycles. The molecule has 2 aromatic heterocycles. The molecule has 1 fully saturated rings. The highest BCUT2D eigenvalue weighted by Gasteiger charge is 2.54. The summed E-state index contributed by atoms with van der Waals surface area (Å²) in [5, 5.41) is 24.7. The van der Waals surface area contributed by atoms with E-state index in [1.54, 1.807) is 45.9 Å². The number of anilines is 1. The normalized spacial score (nSPS) is 25.5. The van der Waals surface area contributed by atoms with E-state index in [4.69, 9.17) is 24.3 Å². The van der Waals surface area contributed by atoms with Gasteiger partial charge in [-0.2, -0.15) is 4.98 Å². The molecule has 0 radical (unpaired) electrons. The van der Waals surface area contributed by atoms with Crippen LogP contribution in [0.2, 0.25) is 0 Å². The number of ether oxygens (including phenoxy) is 2. The SMILES string of the molecule is C/C=C\C(=C/C)CNP(=O)(OCOC(=O)C(C)(C)C)OC[C@H]1O[C@@H](n2cnc3c(=O)[nH]c(N)nc32)[C@](C)(O)[C@@H]1O. The molecule has 3 rings (SSSR count). The number of aromatic nitrogens is 4. The van der Waals surface area contributed by atoms with Gasteiger partial charge in [-0.1, -0.05) is 18.2 Å². The molecule has 1 aliphatic rings. The molecule has 1 aliphatic heterocycles. The van der Waals surface area contributed by atoms with Crippen LogP contribution in [0.15, 0.2) is 34.9 Å². The molecule has 0 spiro atoms. The van der Waals surface area contributed by atoms with Gasteiger partial charge in [0.1, 0.15) is 17.8 Å². The summed E-state index contributed by atoms with van der Waals surface area (Å²) >= 11 is 0. The lowest BCUT2D eigenvalue weighted by Crippen LogP contribution is -2.44. The van der Waals surface area contributed by atoms with E-state index in [9.17, 15) is 24.4 Å². The third-order valence-corrected chi connectivity index (χ3v) is 7.60. The van der Waals surface area contributed by atoms with Crippen LogP contribution in [-0.4, -0.2) is 73.5 Å². The number of aromatic amines is 1. The predicted molar refractivity (Wildman–Crippen MR) is 145 cm³/mol. The third-order valence-electron chi connectivity index (χ3n) is 6.12. The summed E-state index contributed by atoms with van der Waals surface area (Å²) in [6, 6.07) is 0. The van der Waals surface area contributed by atoms with Crippen molar-refractivity contribution in [3.63, 3.8) is 0 Å². The number of esters is 1. The zero-order valence-electron chi connectivity index (χ0n) is 23.3. The molecule has 0 aromatic carbocycles. The Labute approximate surface area is 231 Å². The van der Waals surface area contributed by atoms with Gasteiger partial charge in [-0.3, -0.25) is 28.2 Å². The Morgan fingerprint density at radius 3 is 2.70 bits per heavy atom. The van der Waals surface area contributed by atoms with E-state index in [0.717, 1.165) is 5.57 Å². The van der Waals surface area contributed by atoms with Crippen molar-refractivity contribution >= 4 is 30.8 Å². The van der Waals surface area contributed by atoms with Crippen LogP contribution in [0.5, 0.6) is 0 Å². The van der Waals surface area contributed by atoms with Crippen molar-refractivity contribution in [2.75, 3.05) is 25.7 Å². The second kappa shape index (κ2) is 12.3. The largest absolute Gasteiger partial charge is 0.438 e. The highest BCUT2D eigenvalue weighted by molar-refractivity contribution is 7.51. The van der Waals surface area contributed by atoms with Gasteiger partial charge < -0.3 is 25.4 Å². The van der Waals surface area contributed by atoms with Crippen molar-refractivity contribution < 1.29 is 38.1 Å². The van der Waals surface area contributed by atoms with Crippen LogP contribution < -0.4 is 16.4 Å². The van der Waals surface area contributed by atoms with Crippen LogP contribution in [0.4, 0.5) is 5.95 Å². The van der Waals surface area contributed by atoms with Crippen LogP contribution >= 0.6 is 7.75 Å². The van der Waals surface area contributed by atoms with Crippen LogP contribution in [0.1, 0.15) is 47.8 Å². The quantitative estimate of drug-likeness (QED) is 0.110. The Morgan fingerprint density at radius 2 is 2.08 bits per heavy atom. The molecule has 2 aromatic rings. The van der Waals surface area contributed by atoms with E-state index in [1.165, 1.54) is 17.8 Å². The summed E-state index contributed by atoms with van der Waals surface area (Å²) in [5.74, 6) is -0.747. The van der Waals surface area contributed by atoms with E-state index in [1.807, 2.05) is 6.92 Å². The molecule has 1 saturated heterocycles. The smallest absolute Gasteiger partial charge is 0.408 e. The van der Waals surface area contributed by atoms with Gasteiger partial charge in [0.25, 0.3) is 5.56 Å². The van der Waals surface area contributed by atoms with Gasteiger partial charge in [0, 0.05) is 6.54 Å². The topological polar surface area (TPSA) is 213 Å². The van der Waals surface area contributed by atoms with Gasteiger partial charge in [0.15, 0.2) is 17.4 Å². The maximum absolute atomic E-state index is 13.6. The van der Waals surface area contributed by atoms with Crippen LogP contribution in [0, 0.1) is 5.41 Å². The van der Waals surface area contributed by atoms with Crippen LogP contribution in [-0.2, 0) is 27.9 Å². The van der Waals surface area contributed by atoms with Gasteiger partial charge in [-0.05, 0) is 47.1 Å². The highest BCUT2D eigenvalue weighted by atomic mass is 31.2. The van der Waals surface area contributed by atoms with Gasteiger partial charge >= 0.3 is 13.7 Å². The first-order valence-electron chi connectivity index (χ1n) is 12.5. The van der Waals surface area contributed by atoms with Crippen molar-refractivity contribution in [3.8, 4) is 0 Å². The fourth-order valence-corrected chi connectivity index (χ4v) is 4.99. The molecule has 0 amide bonds. The Hall–Kier alpha value is -2.91. The number of hydrogen-bond acceptors (Lipinski definition) is 12. The Morgan fingerprint density at radius 1 is 1.38 bits per heavy atom. The van der Waals surface area contributed by atoms with E-state index in [-0.39, 0.29) is 23.7 Å². The number of fused-ring (bicyclic) bond motifs is 1. The lowest BCUT2D eigenvalue weighted by atomic mass is 9.96. The first kappa shape index (κ1) is 31.6. The molecule has 0 saturated carbocycles. The Kier molecular flexibility index (Phi) is 9.73. The van der Waals surface area contributed by atoms with Crippen molar-refractivity contribution in [2.24, 2.45) is 5.41 Å². The number of imidazole rings is 1. The van der Waals surface area contributed by atoms with E-state index in [0.29, 0.717) is 0 Å². The number of nitrogens with one attached hydrogen (secondary N) is 2. The summed E-state index contributed by atoms with van der Waals surface area (Å²) in [4.78, 5) is 34.7. The second-order valence-electron chi connectivity index (χ2n) is 10.4. The summed E-state index contributed by atoms with van der Waals surface area (Å²) < 4.78 is 36.7. The zero-order valence-corrected chi connectivity index (χ0v) is 24.2. The van der Waals surface area contributed by atoms with Gasteiger partial charge in [-0.15, -0.1) is 0 Å². The maximum Gasteiger partial charge on any atom is 0.408 e. The minimum Gasteiger partial charge on any atom is -0.438 e. The molecule has 40 heavy (non-hydrogen) atoms. The lowest BCUT2D eigenvalue weighted by Gasteiger charge is -2.27. The maximum atomic E-state index is 13.6. The molecule has 6 N–H and O–H groups in total. The molecule has 1 unspecified atom stereocenters. The number of nitrogens with two attached hydrogens (primary N) is 1. The molecule has 0 bridgehead atoms. The average molecular weight is 585 g/mol. The molecule has 16 heteroatoms. The Balaban J connectivity index is 1.78. The first-order chi connectivity index (χ1) is 18.6. The zero-order chi connectivity index (χ0) is 29.9. The summed E-state index contributed by atoms with van der Waals surface area (Å²) in [7, 11) is -4.14. The van der Waals surface area contributed by atoms with Crippen molar-refractivity contribution in [1.29, 1.82) is 0 Å². The summed E-state index contributed by atoms with van der Waals surface area (Å²) in [6.45, 7) is 8.84. The fourth-order valence-electron chi connectivity index (χ4n) is 3.82. The fraction of sp³-hybridized carbons (Fsp3) is 0.583. The standard InChI is InChI=1S/C24H37N6O9P/c1-7-9-14(8-2)10-27-40(35,38-13-36-21(33)23(3,4)5)37-11-15-17(31)24(6,34)20(39-15)30-12-26-16-18(30)28-22(25)29-19(16)32/h7-9,12,15,17,20,31,34H,10-11,13H2,1-6H3,(H,27,35)(H3,25,28,29,32)/b9-7-,14-8+/t15-,17-,20-,24-,40?/m1/s1. The third kappa shape index (κ3) is 7.04. The first-order valence-corrected chi connectivity index (χ1v) is 14.0. The lowest BCUT2D eigenvalue weighted by molar-refractivity contribution is -0.160. The molecule has 3 heterocycles. The number of nitrogen functional groups attached to an aromatic ring is 1. The number of aliphatic hydroxyl groups excluding tert-OH is 1. The minimum atomic E-state index is -4.14. The van der Waals surface area contributed by atoms with E-state index < -0.39 is 62.1 Å². The molecular weight excluding hydrogens is 547 g/mol. The molecular formula is C24H37N6O9P. The van der Waals surface area contributed by atoms with Crippen molar-refractivity contribution in [2.45, 2.75) is 65.6 Å². The second-order valence-corrected chi connectivity index (χ2v) is 12.2. The number of nitrogens with zero attached hydrogens (tertiary/aromatic N) is 3. The van der Waals surface area contributed by atoms with E-state index >= 15 is 0 Å². The number of aliphatic hydroxyl groups is 2. The Bertz CT molecular complexity index is 1380. The minimum absolute atomic E-state index is 0.0273. The average Bonchev–Trinajstić information content (AvgIpc) is 3.38. The molecule has 5 atom stereocenters. The van der Waals surface area contributed by atoms with Crippen LogP contribution in [0.25, 0.3) is 11.2 Å². The van der Waals surface area contributed by atoms with Gasteiger partial charge in [0.05, 0.1) is 18.3 Å². The van der Waals surface area contributed by atoms with Crippen LogP contribution in [0.3, 0.4) is 0 Å². The van der Waals surface area contributed by atoms with Crippen molar-refractivity contribution in [1.82, 2.24) is 24.6 Å². The number of H-pyrrole nitrogens is 1. The predicted octanol–water partition coefficient (Wildman–Crippen LogP) is 1.51. The molecule has 15 nitrogen and oxygen atoms in total. The van der Waals surface area contributed by atoms with Crippen molar-refractivity contribution in [3.05, 3.63) is 40.5 Å². The number of rotatable bonds is 11. The summed E-state index contributed by atoms with van der Waals surface area (Å²) in [5.41, 5.74) is 3.10. The summed E-state index contributed by atoms with van der Waals surface area (Å²) in [6.07, 6.45) is 2.62. The number of allylic oxidation sites excluding steroid dienone is 2. The van der Waals surface area contributed by atoms with Gasteiger partial charge in [-0.25, -0.2) is 14.6 Å². The number of carbonyl (C=O) groups excluding carboxylic acids is 1. The van der Waals surface area contributed by atoms with Gasteiger partial charge in [0.2, 0.25) is 12.7 Å². The monoisotopic (exact) mass is 584 g/mol. The number of hydrogen-bond donors (Lipinski definition) is 5. The van der Waals surface area contributed by atoms with E-state index in [2.05, 4.69) is 20.0 Å². The highest BCUT2D eigenvalue weighted by Crippen LogP contribution is 2.46.